The Kier molecular flexibility index (Phi) is 4.99. The van der Waals surface area contributed by atoms with Gasteiger partial charge in [-0.2, -0.15) is 0 Å². The van der Waals surface area contributed by atoms with E-state index < -0.39 is 0 Å². The summed E-state index contributed by atoms with van der Waals surface area (Å²) in [5.41, 5.74) is 13.0. The van der Waals surface area contributed by atoms with Gasteiger partial charge >= 0.3 is 0 Å². The topological polar surface area (TPSA) is 73.6 Å². The Bertz CT molecular complexity index is 627. The van der Waals surface area contributed by atoms with Crippen molar-refractivity contribution >= 4 is 5.84 Å². The van der Waals surface area contributed by atoms with Gasteiger partial charge in [0.1, 0.15) is 17.3 Å². The van der Waals surface area contributed by atoms with Crippen LogP contribution in [-0.2, 0) is 6.54 Å². The van der Waals surface area contributed by atoms with Crippen molar-refractivity contribution in [2.45, 2.75) is 13.5 Å². The van der Waals surface area contributed by atoms with Crippen molar-refractivity contribution in [3.8, 4) is 11.5 Å². The minimum Gasteiger partial charge on any atom is -0.457 e. The molecule has 0 atom stereocenters. The third kappa shape index (κ3) is 5.03. The van der Waals surface area contributed by atoms with Crippen molar-refractivity contribution < 1.29 is 4.74 Å². The van der Waals surface area contributed by atoms with Crippen LogP contribution in [0, 0.1) is 0 Å². The van der Waals surface area contributed by atoms with E-state index in [1.807, 2.05) is 54.6 Å². The molecule has 4 N–H and O–H groups in total. The van der Waals surface area contributed by atoms with Gasteiger partial charge in [0.2, 0.25) is 0 Å². The number of hydrogen-bond acceptors (Lipinski definition) is 3. The smallest absolute Gasteiger partial charge is 0.127 e. The summed E-state index contributed by atoms with van der Waals surface area (Å²) in [6.45, 7) is 2.29. The zero-order valence-electron chi connectivity index (χ0n) is 12.0. The largest absolute Gasteiger partial charge is 0.457 e. The Morgan fingerprint density at radius 1 is 1.00 bits per heavy atom. The van der Waals surface area contributed by atoms with Gasteiger partial charge in [-0.05, 0) is 42.8 Å². The van der Waals surface area contributed by atoms with Gasteiger partial charge in [0.05, 0.1) is 6.54 Å². The van der Waals surface area contributed by atoms with Crippen molar-refractivity contribution in [2.75, 3.05) is 0 Å². The van der Waals surface area contributed by atoms with Crippen LogP contribution in [0.2, 0.25) is 0 Å². The van der Waals surface area contributed by atoms with Crippen LogP contribution in [0.1, 0.15) is 12.5 Å². The summed E-state index contributed by atoms with van der Waals surface area (Å²) < 4.78 is 5.73. The van der Waals surface area contributed by atoms with Crippen LogP contribution in [0.5, 0.6) is 11.5 Å². The molecule has 0 heterocycles. The Labute approximate surface area is 124 Å². The Hall–Kier alpha value is -2.75. The van der Waals surface area contributed by atoms with Crippen LogP contribution in [0.3, 0.4) is 0 Å². The number of hydrogen-bond donors (Lipinski definition) is 2. The van der Waals surface area contributed by atoms with Gasteiger partial charge in [0, 0.05) is 5.70 Å². The summed E-state index contributed by atoms with van der Waals surface area (Å²) in [6.07, 6.45) is 1.65. The third-order valence-corrected chi connectivity index (χ3v) is 2.72. The molecule has 2 aromatic carbocycles. The molecule has 0 aliphatic rings. The number of aliphatic imine (C=N–C) groups is 1. The van der Waals surface area contributed by atoms with Crippen LogP contribution in [-0.4, -0.2) is 5.84 Å². The van der Waals surface area contributed by atoms with E-state index in [9.17, 15) is 0 Å². The molecule has 0 saturated carbocycles. The number of amidine groups is 1. The monoisotopic (exact) mass is 281 g/mol. The van der Waals surface area contributed by atoms with Crippen LogP contribution in [0.15, 0.2) is 71.4 Å². The zero-order chi connectivity index (χ0) is 15.1. The minimum atomic E-state index is 0.430. The third-order valence-electron chi connectivity index (χ3n) is 2.72. The lowest BCUT2D eigenvalue weighted by Gasteiger charge is -2.06. The average Bonchev–Trinajstić information content (AvgIpc) is 2.47. The van der Waals surface area contributed by atoms with E-state index in [0.717, 1.165) is 17.1 Å². The lowest BCUT2D eigenvalue weighted by atomic mass is 10.2. The number of para-hydroxylation sites is 1. The Balaban J connectivity index is 1.98. The molecule has 0 aromatic heterocycles. The molecule has 0 aliphatic carbocycles. The molecule has 0 saturated heterocycles. The Morgan fingerprint density at radius 2 is 1.62 bits per heavy atom. The fraction of sp³-hybridized carbons (Fsp3) is 0.118. The van der Waals surface area contributed by atoms with Crippen LogP contribution < -0.4 is 16.2 Å². The predicted octanol–water partition coefficient (Wildman–Crippen LogP) is 3.20. The van der Waals surface area contributed by atoms with Gasteiger partial charge in [0.25, 0.3) is 0 Å². The second-order valence-electron chi connectivity index (χ2n) is 4.69. The molecule has 21 heavy (non-hydrogen) atoms. The van der Waals surface area contributed by atoms with E-state index in [0.29, 0.717) is 18.1 Å². The number of nitrogens with two attached hydrogens (primary N) is 2. The van der Waals surface area contributed by atoms with Gasteiger partial charge in [-0.3, -0.25) is 4.99 Å². The quantitative estimate of drug-likeness (QED) is 0.653. The molecule has 0 amide bonds. The highest BCUT2D eigenvalue weighted by atomic mass is 16.5. The van der Waals surface area contributed by atoms with Crippen molar-refractivity contribution in [2.24, 2.45) is 16.5 Å². The van der Waals surface area contributed by atoms with E-state index in [4.69, 9.17) is 16.2 Å². The molecule has 0 radical (unpaired) electrons. The summed E-state index contributed by atoms with van der Waals surface area (Å²) in [4.78, 5) is 4.25. The van der Waals surface area contributed by atoms with Crippen LogP contribution in [0.25, 0.3) is 0 Å². The van der Waals surface area contributed by atoms with E-state index >= 15 is 0 Å². The van der Waals surface area contributed by atoms with Crippen LogP contribution in [0.4, 0.5) is 0 Å². The number of benzene rings is 2. The van der Waals surface area contributed by atoms with Crippen molar-refractivity contribution in [3.63, 3.8) is 0 Å². The molecule has 0 aliphatic heterocycles. The van der Waals surface area contributed by atoms with Gasteiger partial charge in [-0.1, -0.05) is 30.3 Å². The van der Waals surface area contributed by atoms with E-state index in [2.05, 4.69) is 4.99 Å². The van der Waals surface area contributed by atoms with E-state index in [1.165, 1.54) is 0 Å². The highest BCUT2D eigenvalue weighted by Crippen LogP contribution is 2.21. The summed E-state index contributed by atoms with van der Waals surface area (Å²) >= 11 is 0. The molecule has 2 aromatic rings. The second-order valence-corrected chi connectivity index (χ2v) is 4.69. The first-order valence-corrected chi connectivity index (χ1v) is 6.69. The van der Waals surface area contributed by atoms with Crippen molar-refractivity contribution in [3.05, 3.63) is 71.9 Å². The molecule has 108 valence electrons. The summed E-state index contributed by atoms with van der Waals surface area (Å²) in [7, 11) is 0. The number of ether oxygens (including phenoxy) is 1. The number of rotatable bonds is 5. The molecule has 4 heteroatoms. The van der Waals surface area contributed by atoms with Gasteiger partial charge in [0.15, 0.2) is 0 Å². The SMILES string of the molecule is CC(N)=CC(N)=NCc1ccc(Oc2ccccc2)cc1. The van der Waals surface area contributed by atoms with Gasteiger partial charge < -0.3 is 16.2 Å². The lowest BCUT2D eigenvalue weighted by Crippen LogP contribution is -2.10. The first-order chi connectivity index (χ1) is 10.1. The van der Waals surface area contributed by atoms with Crippen molar-refractivity contribution in [1.29, 1.82) is 0 Å². The van der Waals surface area contributed by atoms with Crippen molar-refractivity contribution in [1.82, 2.24) is 0 Å². The lowest BCUT2D eigenvalue weighted by molar-refractivity contribution is 0.482. The maximum Gasteiger partial charge on any atom is 0.127 e. The van der Waals surface area contributed by atoms with Crippen LogP contribution >= 0.6 is 0 Å². The van der Waals surface area contributed by atoms with E-state index in [1.54, 1.807) is 13.0 Å². The predicted molar refractivity (Wildman–Crippen MR) is 86.2 cm³/mol. The molecule has 4 nitrogen and oxygen atoms in total. The molecular formula is C17H19N3O. The van der Waals surface area contributed by atoms with Gasteiger partial charge in [-0.25, -0.2) is 0 Å². The highest BCUT2D eigenvalue weighted by Gasteiger charge is 1.97. The molecule has 0 fully saturated rings. The van der Waals surface area contributed by atoms with E-state index in [-0.39, 0.29) is 0 Å². The average molecular weight is 281 g/mol. The fourth-order valence-corrected chi connectivity index (χ4v) is 1.75. The summed E-state index contributed by atoms with van der Waals surface area (Å²) in [5, 5.41) is 0. The fourth-order valence-electron chi connectivity index (χ4n) is 1.75. The first-order valence-electron chi connectivity index (χ1n) is 6.69. The molecule has 2 rings (SSSR count). The standard InChI is InChI=1S/C17H19N3O/c1-13(18)11-17(19)20-12-14-7-9-16(10-8-14)21-15-5-3-2-4-6-15/h2-11H,12,18H2,1H3,(H2,19,20). The minimum absolute atomic E-state index is 0.430. The maximum absolute atomic E-state index is 5.73. The summed E-state index contributed by atoms with van der Waals surface area (Å²) in [5.74, 6) is 2.04. The molecule has 0 unspecified atom stereocenters. The molecule has 0 bridgehead atoms. The molecule has 0 spiro atoms. The first kappa shape index (κ1) is 14.7. The normalized spacial score (nSPS) is 12.2. The highest BCUT2D eigenvalue weighted by molar-refractivity contribution is 5.91. The molecular weight excluding hydrogens is 262 g/mol. The summed E-state index contributed by atoms with van der Waals surface area (Å²) in [6, 6.07) is 17.4. The zero-order valence-corrected chi connectivity index (χ0v) is 12.0. The van der Waals surface area contributed by atoms with Gasteiger partial charge in [-0.15, -0.1) is 0 Å². The number of allylic oxidation sites excluding steroid dienone is 1. The Morgan fingerprint density at radius 3 is 2.24 bits per heavy atom. The maximum atomic E-state index is 5.73. The number of nitrogens with zero attached hydrogens (tertiary/aromatic N) is 1. The second kappa shape index (κ2) is 7.14.